The van der Waals surface area contributed by atoms with Gasteiger partial charge in [0.1, 0.15) is 6.10 Å². The van der Waals surface area contributed by atoms with Crippen LogP contribution in [0.3, 0.4) is 0 Å². The fourth-order valence-corrected chi connectivity index (χ4v) is 2.68. The van der Waals surface area contributed by atoms with Crippen LogP contribution in [-0.4, -0.2) is 30.6 Å². The van der Waals surface area contributed by atoms with Gasteiger partial charge >= 0.3 is 0 Å². The second-order valence-corrected chi connectivity index (χ2v) is 5.57. The summed E-state index contributed by atoms with van der Waals surface area (Å²) in [4.78, 5) is 2.45. The molecule has 0 radical (unpaired) electrons. The summed E-state index contributed by atoms with van der Waals surface area (Å²) in [6.45, 7) is 9.51. The van der Waals surface area contributed by atoms with Crippen molar-refractivity contribution in [3.8, 4) is 0 Å². The smallest absolute Gasteiger partial charge is 0.110 e. The number of allylic oxidation sites excluding steroid dienone is 1. The molecule has 0 bridgehead atoms. The van der Waals surface area contributed by atoms with Crippen LogP contribution in [0.15, 0.2) is 36.6 Å². The number of ether oxygens (including phenoxy) is 1. The standard InChI is InChI=1S/C18H28N2O/c1-3-20(4-2)15-17-10-6-5-9-16(17)13-19-14-18-11-7-8-12-21-18/h5-6,8-10,12,18-19H,3-4,7,11,13-15H2,1-2H3. The van der Waals surface area contributed by atoms with Crippen molar-refractivity contribution in [2.45, 2.75) is 45.9 Å². The van der Waals surface area contributed by atoms with E-state index in [1.54, 1.807) is 0 Å². The maximum absolute atomic E-state index is 5.59. The molecule has 1 aromatic rings. The Morgan fingerprint density at radius 3 is 2.62 bits per heavy atom. The lowest BCUT2D eigenvalue weighted by Crippen LogP contribution is -2.29. The second-order valence-electron chi connectivity index (χ2n) is 5.57. The van der Waals surface area contributed by atoms with Gasteiger partial charge in [0.05, 0.1) is 6.26 Å². The molecule has 1 aliphatic rings. The highest BCUT2D eigenvalue weighted by Crippen LogP contribution is 2.13. The first-order valence-electron chi connectivity index (χ1n) is 8.13. The van der Waals surface area contributed by atoms with Crippen molar-refractivity contribution in [2.75, 3.05) is 19.6 Å². The van der Waals surface area contributed by atoms with Crippen LogP contribution in [0.2, 0.25) is 0 Å². The predicted molar refractivity (Wildman–Crippen MR) is 88.0 cm³/mol. The largest absolute Gasteiger partial charge is 0.497 e. The van der Waals surface area contributed by atoms with Gasteiger partial charge in [0.2, 0.25) is 0 Å². The molecule has 3 nitrogen and oxygen atoms in total. The van der Waals surface area contributed by atoms with Gasteiger partial charge in [0, 0.05) is 19.6 Å². The Morgan fingerprint density at radius 1 is 1.19 bits per heavy atom. The third-order valence-corrected chi connectivity index (χ3v) is 4.12. The fourth-order valence-electron chi connectivity index (χ4n) is 2.68. The average Bonchev–Trinajstić information content (AvgIpc) is 2.55. The highest BCUT2D eigenvalue weighted by atomic mass is 16.5. The van der Waals surface area contributed by atoms with E-state index in [4.69, 9.17) is 4.74 Å². The van der Waals surface area contributed by atoms with Crippen LogP contribution in [0.4, 0.5) is 0 Å². The lowest BCUT2D eigenvalue weighted by atomic mass is 10.1. The zero-order valence-electron chi connectivity index (χ0n) is 13.3. The van der Waals surface area contributed by atoms with Gasteiger partial charge < -0.3 is 10.1 Å². The van der Waals surface area contributed by atoms with E-state index < -0.39 is 0 Å². The summed E-state index contributed by atoms with van der Waals surface area (Å²) in [6, 6.07) is 8.74. The van der Waals surface area contributed by atoms with Crippen molar-refractivity contribution in [3.05, 3.63) is 47.7 Å². The molecule has 1 unspecified atom stereocenters. The molecule has 1 N–H and O–H groups in total. The maximum Gasteiger partial charge on any atom is 0.110 e. The lowest BCUT2D eigenvalue weighted by molar-refractivity contribution is 0.122. The Hall–Kier alpha value is -1.32. The summed E-state index contributed by atoms with van der Waals surface area (Å²) in [6.07, 6.45) is 6.50. The molecule has 2 rings (SSSR count). The summed E-state index contributed by atoms with van der Waals surface area (Å²) in [5.74, 6) is 0. The van der Waals surface area contributed by atoms with E-state index in [0.717, 1.165) is 45.6 Å². The van der Waals surface area contributed by atoms with Crippen molar-refractivity contribution in [1.82, 2.24) is 10.2 Å². The number of benzene rings is 1. The minimum atomic E-state index is 0.324. The molecular formula is C18H28N2O. The first-order chi connectivity index (χ1) is 10.3. The third kappa shape index (κ3) is 5.18. The Bertz CT molecular complexity index is 441. The van der Waals surface area contributed by atoms with Crippen LogP contribution in [0.1, 0.15) is 37.8 Å². The van der Waals surface area contributed by atoms with E-state index in [1.165, 1.54) is 11.1 Å². The molecule has 1 aliphatic heterocycles. The summed E-state index contributed by atoms with van der Waals surface area (Å²) >= 11 is 0. The minimum Gasteiger partial charge on any atom is -0.497 e. The van der Waals surface area contributed by atoms with Gasteiger partial charge in [-0.15, -0.1) is 0 Å². The highest BCUT2D eigenvalue weighted by Gasteiger charge is 2.11. The molecule has 3 heteroatoms. The number of nitrogens with one attached hydrogen (secondary N) is 1. The number of nitrogens with zero attached hydrogens (tertiary/aromatic N) is 1. The molecule has 0 fully saturated rings. The van der Waals surface area contributed by atoms with Gasteiger partial charge in [-0.05, 0) is 43.1 Å². The average molecular weight is 288 g/mol. The van der Waals surface area contributed by atoms with Gasteiger partial charge in [-0.1, -0.05) is 38.1 Å². The van der Waals surface area contributed by atoms with Crippen LogP contribution < -0.4 is 5.32 Å². The van der Waals surface area contributed by atoms with E-state index in [9.17, 15) is 0 Å². The normalized spacial score (nSPS) is 18.0. The number of rotatable bonds is 8. The van der Waals surface area contributed by atoms with Crippen molar-refractivity contribution in [1.29, 1.82) is 0 Å². The molecule has 1 heterocycles. The number of hydrogen-bond donors (Lipinski definition) is 1. The van der Waals surface area contributed by atoms with E-state index in [0.29, 0.717) is 6.10 Å². The molecular weight excluding hydrogens is 260 g/mol. The zero-order chi connectivity index (χ0) is 14.9. The molecule has 0 saturated heterocycles. The molecule has 116 valence electrons. The highest BCUT2D eigenvalue weighted by molar-refractivity contribution is 5.27. The maximum atomic E-state index is 5.59. The van der Waals surface area contributed by atoms with Gasteiger partial charge in [-0.25, -0.2) is 0 Å². The molecule has 0 spiro atoms. The summed E-state index contributed by atoms with van der Waals surface area (Å²) in [5, 5.41) is 3.54. The van der Waals surface area contributed by atoms with Crippen molar-refractivity contribution >= 4 is 0 Å². The minimum absolute atomic E-state index is 0.324. The Kier molecular flexibility index (Phi) is 6.77. The molecule has 21 heavy (non-hydrogen) atoms. The quantitative estimate of drug-likeness (QED) is 0.794. The Morgan fingerprint density at radius 2 is 1.95 bits per heavy atom. The first kappa shape index (κ1) is 16.1. The Balaban J connectivity index is 1.85. The Labute approximate surface area is 129 Å². The van der Waals surface area contributed by atoms with Crippen LogP contribution in [0.25, 0.3) is 0 Å². The van der Waals surface area contributed by atoms with Gasteiger partial charge in [0.15, 0.2) is 0 Å². The monoisotopic (exact) mass is 288 g/mol. The number of hydrogen-bond acceptors (Lipinski definition) is 3. The fraction of sp³-hybridized carbons (Fsp3) is 0.556. The predicted octanol–water partition coefficient (Wildman–Crippen LogP) is 3.31. The van der Waals surface area contributed by atoms with Crippen LogP contribution in [0, 0.1) is 0 Å². The third-order valence-electron chi connectivity index (χ3n) is 4.12. The van der Waals surface area contributed by atoms with E-state index in [2.05, 4.69) is 54.4 Å². The summed E-state index contributed by atoms with van der Waals surface area (Å²) < 4.78 is 5.59. The van der Waals surface area contributed by atoms with E-state index >= 15 is 0 Å². The second kappa shape index (κ2) is 8.85. The van der Waals surface area contributed by atoms with Crippen LogP contribution >= 0.6 is 0 Å². The summed E-state index contributed by atoms with van der Waals surface area (Å²) in [7, 11) is 0. The SMILES string of the molecule is CCN(CC)Cc1ccccc1CNCC1CCC=CO1. The molecule has 1 atom stereocenters. The first-order valence-corrected chi connectivity index (χ1v) is 8.13. The molecule has 0 aromatic heterocycles. The van der Waals surface area contributed by atoms with Crippen molar-refractivity contribution in [3.63, 3.8) is 0 Å². The van der Waals surface area contributed by atoms with Gasteiger partial charge in [-0.2, -0.15) is 0 Å². The van der Waals surface area contributed by atoms with Gasteiger partial charge in [0.25, 0.3) is 0 Å². The van der Waals surface area contributed by atoms with Crippen LogP contribution in [-0.2, 0) is 17.8 Å². The van der Waals surface area contributed by atoms with E-state index in [1.807, 2.05) is 6.26 Å². The molecule has 0 saturated carbocycles. The lowest BCUT2D eigenvalue weighted by Gasteiger charge is -2.22. The molecule has 1 aromatic carbocycles. The van der Waals surface area contributed by atoms with Gasteiger partial charge in [-0.3, -0.25) is 4.90 Å². The zero-order valence-corrected chi connectivity index (χ0v) is 13.3. The van der Waals surface area contributed by atoms with Crippen LogP contribution in [0.5, 0.6) is 0 Å². The molecule has 0 amide bonds. The van der Waals surface area contributed by atoms with E-state index in [-0.39, 0.29) is 0 Å². The summed E-state index contributed by atoms with van der Waals surface area (Å²) in [5.41, 5.74) is 2.83. The van der Waals surface area contributed by atoms with Crippen molar-refractivity contribution < 1.29 is 4.74 Å². The van der Waals surface area contributed by atoms with Crippen molar-refractivity contribution in [2.24, 2.45) is 0 Å². The molecule has 0 aliphatic carbocycles. The topological polar surface area (TPSA) is 24.5 Å².